The van der Waals surface area contributed by atoms with E-state index in [9.17, 15) is 8.42 Å². The Balaban J connectivity index is 2.15. The van der Waals surface area contributed by atoms with E-state index >= 15 is 0 Å². The molecule has 0 aromatic heterocycles. The predicted octanol–water partition coefficient (Wildman–Crippen LogP) is 3.09. The van der Waals surface area contributed by atoms with Crippen LogP contribution in [0, 0.1) is 18.8 Å². The predicted molar refractivity (Wildman–Crippen MR) is 81.1 cm³/mol. The van der Waals surface area contributed by atoms with E-state index in [2.05, 4.69) is 23.8 Å². The van der Waals surface area contributed by atoms with Crippen LogP contribution in [0.2, 0.25) is 0 Å². The van der Waals surface area contributed by atoms with Crippen molar-refractivity contribution >= 4 is 15.7 Å². The van der Waals surface area contributed by atoms with Gasteiger partial charge in [-0.25, -0.2) is 4.83 Å². The maximum Gasteiger partial charge on any atom is 0.276 e. The molecule has 0 heterocycles. The molecule has 0 amide bonds. The van der Waals surface area contributed by atoms with E-state index in [1.54, 1.807) is 24.3 Å². The normalized spacial score (nSPS) is 25.1. The number of nitrogens with zero attached hydrogens (tertiary/aromatic N) is 1. The summed E-state index contributed by atoms with van der Waals surface area (Å²) >= 11 is 0. The van der Waals surface area contributed by atoms with Gasteiger partial charge >= 0.3 is 0 Å². The molecule has 0 spiro atoms. The summed E-state index contributed by atoms with van der Waals surface area (Å²) in [6.45, 7) is 6.25. The van der Waals surface area contributed by atoms with Crippen molar-refractivity contribution in [3.8, 4) is 0 Å². The molecule has 0 unspecified atom stereocenters. The Morgan fingerprint density at radius 2 is 1.95 bits per heavy atom. The second kappa shape index (κ2) is 5.95. The second-order valence-corrected chi connectivity index (χ2v) is 7.20. The summed E-state index contributed by atoms with van der Waals surface area (Å²) in [6, 6.07) is 6.78. The fourth-order valence-corrected chi connectivity index (χ4v) is 3.59. The van der Waals surface area contributed by atoms with Crippen LogP contribution in [0.25, 0.3) is 0 Å². The van der Waals surface area contributed by atoms with Crippen LogP contribution in [0.5, 0.6) is 0 Å². The van der Waals surface area contributed by atoms with Crippen molar-refractivity contribution in [2.24, 2.45) is 16.9 Å². The summed E-state index contributed by atoms with van der Waals surface area (Å²) in [5.41, 5.74) is 2.02. The van der Waals surface area contributed by atoms with Crippen LogP contribution >= 0.6 is 0 Å². The molecule has 0 bridgehead atoms. The first-order valence-electron chi connectivity index (χ1n) is 7.09. The van der Waals surface area contributed by atoms with E-state index in [1.807, 2.05) is 6.92 Å². The van der Waals surface area contributed by atoms with Gasteiger partial charge in [-0.15, -0.1) is 0 Å². The lowest BCUT2D eigenvalue weighted by molar-refractivity contribution is 0.467. The van der Waals surface area contributed by atoms with Crippen LogP contribution in [0.15, 0.2) is 34.3 Å². The summed E-state index contributed by atoms with van der Waals surface area (Å²) in [5, 5.41) is 4.18. The van der Waals surface area contributed by atoms with Gasteiger partial charge in [-0.3, -0.25) is 0 Å². The van der Waals surface area contributed by atoms with Crippen molar-refractivity contribution in [3.63, 3.8) is 0 Å². The SMILES string of the molecule is CC[C@@H]1/C(=N\NS(=O)(=O)c2ccc(C)cc2)CC[C@@H]1C. The molecule has 1 aliphatic carbocycles. The molecule has 5 heteroatoms. The molecule has 1 aromatic rings. The first-order chi connectivity index (χ1) is 9.44. The minimum absolute atomic E-state index is 0.256. The third kappa shape index (κ3) is 3.20. The van der Waals surface area contributed by atoms with Crippen LogP contribution in [0.3, 0.4) is 0 Å². The van der Waals surface area contributed by atoms with Crippen molar-refractivity contribution in [3.05, 3.63) is 29.8 Å². The quantitative estimate of drug-likeness (QED) is 0.868. The third-order valence-electron chi connectivity index (χ3n) is 4.05. The lowest BCUT2D eigenvalue weighted by atomic mass is 9.95. The summed E-state index contributed by atoms with van der Waals surface area (Å²) in [4.78, 5) is 2.64. The fourth-order valence-electron chi connectivity index (χ4n) is 2.76. The molecule has 1 aliphatic rings. The van der Waals surface area contributed by atoms with Crippen molar-refractivity contribution < 1.29 is 8.42 Å². The van der Waals surface area contributed by atoms with Gasteiger partial charge in [0.25, 0.3) is 10.0 Å². The number of sulfonamides is 1. The van der Waals surface area contributed by atoms with Gasteiger partial charge in [-0.2, -0.15) is 13.5 Å². The van der Waals surface area contributed by atoms with Gasteiger partial charge in [0.05, 0.1) is 4.90 Å². The largest absolute Gasteiger partial charge is 0.276 e. The zero-order valence-electron chi connectivity index (χ0n) is 12.3. The smallest absolute Gasteiger partial charge is 0.200 e. The molecule has 0 aliphatic heterocycles. The third-order valence-corrected chi connectivity index (χ3v) is 5.28. The first kappa shape index (κ1) is 15.0. The Hall–Kier alpha value is -1.36. The van der Waals surface area contributed by atoms with Crippen molar-refractivity contribution in [2.45, 2.75) is 44.9 Å². The summed E-state index contributed by atoms with van der Waals surface area (Å²) < 4.78 is 24.3. The zero-order chi connectivity index (χ0) is 14.8. The molecule has 2 rings (SSSR count). The Morgan fingerprint density at radius 3 is 2.55 bits per heavy atom. The minimum atomic E-state index is -3.55. The minimum Gasteiger partial charge on any atom is -0.200 e. The molecule has 0 radical (unpaired) electrons. The highest BCUT2D eigenvalue weighted by molar-refractivity contribution is 7.89. The highest BCUT2D eigenvalue weighted by atomic mass is 32.2. The van der Waals surface area contributed by atoms with Crippen LogP contribution in [0.1, 0.15) is 38.7 Å². The van der Waals surface area contributed by atoms with Gasteiger partial charge in [0.1, 0.15) is 0 Å². The fraction of sp³-hybridized carbons (Fsp3) is 0.533. The van der Waals surface area contributed by atoms with E-state index in [4.69, 9.17) is 0 Å². The maximum atomic E-state index is 12.2. The summed E-state index contributed by atoms with van der Waals surface area (Å²) in [5.74, 6) is 0.985. The Labute approximate surface area is 121 Å². The molecule has 1 N–H and O–H groups in total. The first-order valence-corrected chi connectivity index (χ1v) is 8.57. The topological polar surface area (TPSA) is 58.5 Å². The average molecular weight is 294 g/mol. The van der Waals surface area contributed by atoms with Gasteiger partial charge < -0.3 is 0 Å². The average Bonchev–Trinajstić information content (AvgIpc) is 2.77. The molecule has 2 atom stereocenters. The van der Waals surface area contributed by atoms with Gasteiger partial charge in [0, 0.05) is 11.6 Å². The zero-order valence-corrected chi connectivity index (χ0v) is 13.1. The lowest BCUT2D eigenvalue weighted by Crippen LogP contribution is -2.22. The van der Waals surface area contributed by atoms with E-state index in [-0.39, 0.29) is 4.90 Å². The number of nitrogens with one attached hydrogen (secondary N) is 1. The van der Waals surface area contributed by atoms with E-state index in [1.165, 1.54) is 0 Å². The number of benzene rings is 1. The number of hydrazone groups is 1. The van der Waals surface area contributed by atoms with Gasteiger partial charge in [0.15, 0.2) is 0 Å². The molecule has 110 valence electrons. The molecule has 1 saturated carbocycles. The Bertz CT molecular complexity index is 591. The molecular formula is C15H22N2O2S. The summed E-state index contributed by atoms with van der Waals surface area (Å²) in [7, 11) is -3.55. The van der Waals surface area contributed by atoms with Crippen LogP contribution in [0.4, 0.5) is 0 Å². The standard InChI is InChI=1S/C15H22N2O2S/c1-4-14-12(3)7-10-15(14)16-17-20(18,19)13-8-5-11(2)6-9-13/h5-6,8-9,12,14,17H,4,7,10H2,1-3H3/b16-15-/t12-,14-/m0/s1. The maximum absolute atomic E-state index is 12.2. The van der Waals surface area contributed by atoms with Gasteiger partial charge in [-0.1, -0.05) is 31.5 Å². The van der Waals surface area contributed by atoms with E-state index in [0.29, 0.717) is 11.8 Å². The summed E-state index contributed by atoms with van der Waals surface area (Å²) in [6.07, 6.45) is 2.98. The molecular weight excluding hydrogens is 272 g/mol. The highest BCUT2D eigenvalue weighted by Crippen LogP contribution is 2.31. The molecule has 1 aromatic carbocycles. The van der Waals surface area contributed by atoms with E-state index < -0.39 is 10.0 Å². The molecule has 4 nitrogen and oxygen atoms in total. The number of rotatable bonds is 4. The lowest BCUT2D eigenvalue weighted by Gasteiger charge is -2.13. The monoisotopic (exact) mass is 294 g/mol. The molecule has 1 fully saturated rings. The van der Waals surface area contributed by atoms with Crippen molar-refractivity contribution in [1.29, 1.82) is 0 Å². The van der Waals surface area contributed by atoms with Crippen molar-refractivity contribution in [2.75, 3.05) is 0 Å². The molecule has 20 heavy (non-hydrogen) atoms. The number of aryl methyl sites for hydroxylation is 1. The van der Waals surface area contributed by atoms with Gasteiger partial charge in [-0.05, 0) is 44.2 Å². The Morgan fingerprint density at radius 1 is 1.30 bits per heavy atom. The number of hydrogen-bond donors (Lipinski definition) is 1. The molecule has 0 saturated heterocycles. The van der Waals surface area contributed by atoms with Crippen LogP contribution in [-0.2, 0) is 10.0 Å². The van der Waals surface area contributed by atoms with Crippen LogP contribution < -0.4 is 4.83 Å². The highest BCUT2D eigenvalue weighted by Gasteiger charge is 2.28. The Kier molecular flexibility index (Phi) is 4.48. The van der Waals surface area contributed by atoms with Crippen LogP contribution in [-0.4, -0.2) is 14.1 Å². The number of hydrogen-bond acceptors (Lipinski definition) is 3. The van der Waals surface area contributed by atoms with Crippen molar-refractivity contribution in [1.82, 2.24) is 4.83 Å². The van der Waals surface area contributed by atoms with E-state index in [0.717, 1.165) is 30.5 Å². The second-order valence-electron chi connectivity index (χ2n) is 5.54. The van der Waals surface area contributed by atoms with Gasteiger partial charge in [0.2, 0.25) is 0 Å².